The highest BCUT2D eigenvalue weighted by atomic mass is 19.1. The van der Waals surface area contributed by atoms with E-state index < -0.39 is 29.1 Å². The molecule has 0 fully saturated rings. The number of hydrogen-bond donors (Lipinski definition) is 1. The number of nitrogens with zero attached hydrogens (tertiary/aromatic N) is 1. The number of hydrogen-bond acceptors (Lipinski definition) is 2. The van der Waals surface area contributed by atoms with Crippen molar-refractivity contribution in [2.45, 2.75) is 32.7 Å². The molecule has 0 heterocycles. The standard InChI is InChI=1S/C13H14F2N2O/c1-3-4-9(7-16)17-13(18)11-10(14)6-5-8(2)12(11)15/h5-6,9H,3-4H2,1-2H3,(H,17,18). The van der Waals surface area contributed by atoms with Gasteiger partial charge in [-0.3, -0.25) is 4.79 Å². The van der Waals surface area contributed by atoms with E-state index in [1.54, 1.807) is 0 Å². The third-order valence-electron chi connectivity index (χ3n) is 2.55. The van der Waals surface area contributed by atoms with E-state index >= 15 is 0 Å². The molecule has 0 aliphatic carbocycles. The first-order valence-electron chi connectivity index (χ1n) is 5.66. The number of carbonyl (C=O) groups excluding carboxylic acids is 1. The number of benzene rings is 1. The van der Waals surface area contributed by atoms with Crippen molar-refractivity contribution in [3.8, 4) is 6.07 Å². The van der Waals surface area contributed by atoms with Crippen LogP contribution in [-0.2, 0) is 0 Å². The summed E-state index contributed by atoms with van der Waals surface area (Å²) in [6.07, 6.45) is 1.13. The number of carbonyl (C=O) groups is 1. The van der Waals surface area contributed by atoms with Gasteiger partial charge in [0, 0.05) is 0 Å². The lowest BCUT2D eigenvalue weighted by atomic mass is 10.1. The number of amides is 1. The van der Waals surface area contributed by atoms with Crippen molar-refractivity contribution in [2.24, 2.45) is 0 Å². The molecule has 1 N–H and O–H groups in total. The quantitative estimate of drug-likeness (QED) is 0.895. The molecule has 1 rings (SSSR count). The van der Waals surface area contributed by atoms with Crippen molar-refractivity contribution in [3.63, 3.8) is 0 Å². The largest absolute Gasteiger partial charge is 0.336 e. The highest BCUT2D eigenvalue weighted by Crippen LogP contribution is 2.16. The van der Waals surface area contributed by atoms with Crippen LogP contribution in [0.2, 0.25) is 0 Å². The summed E-state index contributed by atoms with van der Waals surface area (Å²) in [7, 11) is 0. The van der Waals surface area contributed by atoms with E-state index in [0.717, 1.165) is 6.07 Å². The first-order valence-corrected chi connectivity index (χ1v) is 5.66. The van der Waals surface area contributed by atoms with E-state index in [9.17, 15) is 13.6 Å². The minimum Gasteiger partial charge on any atom is -0.336 e. The van der Waals surface area contributed by atoms with E-state index in [4.69, 9.17) is 5.26 Å². The van der Waals surface area contributed by atoms with Crippen molar-refractivity contribution >= 4 is 5.91 Å². The summed E-state index contributed by atoms with van der Waals surface area (Å²) in [5.41, 5.74) is -0.447. The van der Waals surface area contributed by atoms with Crippen LogP contribution in [0.4, 0.5) is 8.78 Å². The molecule has 1 aromatic rings. The zero-order valence-electron chi connectivity index (χ0n) is 10.3. The fourth-order valence-electron chi connectivity index (χ4n) is 1.55. The molecule has 5 heteroatoms. The van der Waals surface area contributed by atoms with Gasteiger partial charge in [-0.2, -0.15) is 5.26 Å². The normalized spacial score (nSPS) is 11.7. The molecule has 3 nitrogen and oxygen atoms in total. The Balaban J connectivity index is 2.98. The number of aryl methyl sites for hydroxylation is 1. The van der Waals surface area contributed by atoms with Gasteiger partial charge in [0.25, 0.3) is 5.91 Å². The van der Waals surface area contributed by atoms with Crippen molar-refractivity contribution in [2.75, 3.05) is 0 Å². The third kappa shape index (κ3) is 3.04. The summed E-state index contributed by atoms with van der Waals surface area (Å²) in [5.74, 6) is -2.71. The summed E-state index contributed by atoms with van der Waals surface area (Å²) in [6, 6.07) is 3.44. The second-order valence-corrected chi connectivity index (χ2v) is 4.00. The van der Waals surface area contributed by atoms with Crippen LogP contribution >= 0.6 is 0 Å². The van der Waals surface area contributed by atoms with Crippen LogP contribution in [0.3, 0.4) is 0 Å². The summed E-state index contributed by atoms with van der Waals surface area (Å²) in [4.78, 5) is 11.7. The molecule has 0 radical (unpaired) electrons. The van der Waals surface area contributed by atoms with Crippen LogP contribution in [0.1, 0.15) is 35.7 Å². The molecule has 96 valence electrons. The topological polar surface area (TPSA) is 52.9 Å². The predicted molar refractivity (Wildman–Crippen MR) is 62.9 cm³/mol. The Labute approximate surface area is 104 Å². The van der Waals surface area contributed by atoms with Gasteiger partial charge in [-0.15, -0.1) is 0 Å². The molecule has 1 unspecified atom stereocenters. The average Bonchev–Trinajstić information content (AvgIpc) is 2.34. The number of nitrogens with one attached hydrogen (secondary N) is 1. The Bertz CT molecular complexity index is 494. The summed E-state index contributed by atoms with van der Waals surface area (Å²) < 4.78 is 27.1. The van der Waals surface area contributed by atoms with E-state index in [1.807, 2.05) is 13.0 Å². The van der Waals surface area contributed by atoms with Gasteiger partial charge in [0.2, 0.25) is 0 Å². The summed E-state index contributed by atoms with van der Waals surface area (Å²) in [6.45, 7) is 3.30. The summed E-state index contributed by atoms with van der Waals surface area (Å²) in [5, 5.41) is 11.1. The zero-order valence-corrected chi connectivity index (χ0v) is 10.3. The fourth-order valence-corrected chi connectivity index (χ4v) is 1.55. The van der Waals surface area contributed by atoms with Crippen molar-refractivity contribution < 1.29 is 13.6 Å². The minimum absolute atomic E-state index is 0.186. The molecule has 0 aliphatic rings. The van der Waals surface area contributed by atoms with Gasteiger partial charge in [-0.1, -0.05) is 19.4 Å². The average molecular weight is 252 g/mol. The van der Waals surface area contributed by atoms with Gasteiger partial charge in [0.15, 0.2) is 0 Å². The molecule has 0 aliphatic heterocycles. The first-order chi connectivity index (χ1) is 8.51. The van der Waals surface area contributed by atoms with Gasteiger partial charge in [0.1, 0.15) is 23.2 Å². The van der Waals surface area contributed by atoms with Crippen LogP contribution in [0.25, 0.3) is 0 Å². The molecule has 0 saturated carbocycles. The Kier molecular flexibility index (Phi) is 4.78. The lowest BCUT2D eigenvalue weighted by Crippen LogP contribution is -2.34. The number of nitriles is 1. The van der Waals surface area contributed by atoms with Gasteiger partial charge in [-0.25, -0.2) is 8.78 Å². The SMILES string of the molecule is CCCC(C#N)NC(=O)c1c(F)ccc(C)c1F. The smallest absolute Gasteiger partial charge is 0.258 e. The lowest BCUT2D eigenvalue weighted by molar-refractivity contribution is 0.0935. The maximum absolute atomic E-state index is 13.7. The molecule has 1 amide bonds. The van der Waals surface area contributed by atoms with Gasteiger partial charge in [-0.05, 0) is 25.0 Å². The Hall–Kier alpha value is -1.96. The Morgan fingerprint density at radius 1 is 1.50 bits per heavy atom. The lowest BCUT2D eigenvalue weighted by Gasteiger charge is -2.12. The van der Waals surface area contributed by atoms with Crippen LogP contribution in [0.5, 0.6) is 0 Å². The fraction of sp³-hybridized carbons (Fsp3) is 0.385. The summed E-state index contributed by atoms with van der Waals surface area (Å²) >= 11 is 0. The van der Waals surface area contributed by atoms with Crippen molar-refractivity contribution in [3.05, 3.63) is 34.9 Å². The monoisotopic (exact) mass is 252 g/mol. The van der Waals surface area contributed by atoms with Gasteiger partial charge in [0.05, 0.1) is 6.07 Å². The second-order valence-electron chi connectivity index (χ2n) is 4.00. The highest BCUT2D eigenvalue weighted by molar-refractivity contribution is 5.95. The van der Waals surface area contributed by atoms with Crippen molar-refractivity contribution in [1.82, 2.24) is 5.32 Å². The van der Waals surface area contributed by atoms with E-state index in [0.29, 0.717) is 12.8 Å². The van der Waals surface area contributed by atoms with Crippen LogP contribution in [0, 0.1) is 29.9 Å². The molecule has 1 aromatic carbocycles. The predicted octanol–water partition coefficient (Wildman–Crippen LogP) is 2.70. The molecular weight excluding hydrogens is 238 g/mol. The maximum Gasteiger partial charge on any atom is 0.258 e. The number of halogens is 2. The molecule has 0 aromatic heterocycles. The minimum atomic E-state index is -0.927. The first kappa shape index (κ1) is 14.1. The van der Waals surface area contributed by atoms with Crippen molar-refractivity contribution in [1.29, 1.82) is 5.26 Å². The van der Waals surface area contributed by atoms with Crippen LogP contribution in [0.15, 0.2) is 12.1 Å². The van der Waals surface area contributed by atoms with E-state index in [1.165, 1.54) is 13.0 Å². The molecular formula is C13H14F2N2O. The molecule has 0 saturated heterocycles. The third-order valence-corrected chi connectivity index (χ3v) is 2.55. The molecule has 0 bridgehead atoms. The highest BCUT2D eigenvalue weighted by Gasteiger charge is 2.21. The molecule has 18 heavy (non-hydrogen) atoms. The molecule has 0 spiro atoms. The zero-order chi connectivity index (χ0) is 13.7. The van der Waals surface area contributed by atoms with Crippen LogP contribution in [-0.4, -0.2) is 11.9 Å². The van der Waals surface area contributed by atoms with Gasteiger partial charge < -0.3 is 5.32 Å². The van der Waals surface area contributed by atoms with E-state index in [-0.39, 0.29) is 5.56 Å². The number of rotatable bonds is 4. The Morgan fingerprint density at radius 3 is 2.72 bits per heavy atom. The molecule has 1 atom stereocenters. The van der Waals surface area contributed by atoms with Crippen LogP contribution < -0.4 is 5.32 Å². The van der Waals surface area contributed by atoms with Gasteiger partial charge >= 0.3 is 0 Å². The Morgan fingerprint density at radius 2 is 2.17 bits per heavy atom. The second kappa shape index (κ2) is 6.10. The maximum atomic E-state index is 13.7. The van der Waals surface area contributed by atoms with E-state index in [2.05, 4.69) is 5.32 Å².